The number of aryl methyl sites for hydroxylation is 1. The van der Waals surface area contributed by atoms with Crippen LogP contribution in [0.15, 0.2) is 24.3 Å². The number of rotatable bonds is 5. The molecule has 2 aliphatic rings. The molecule has 3 atom stereocenters. The molecule has 2 fully saturated rings. The van der Waals surface area contributed by atoms with Crippen molar-refractivity contribution in [3.05, 3.63) is 35.4 Å². The van der Waals surface area contributed by atoms with Crippen molar-refractivity contribution >= 4 is 21.7 Å². The van der Waals surface area contributed by atoms with Gasteiger partial charge in [-0.1, -0.05) is 43.7 Å². The molecule has 2 heterocycles. The van der Waals surface area contributed by atoms with E-state index in [0.29, 0.717) is 32.0 Å². The minimum atomic E-state index is -5.08. The number of carbonyl (C=O) groups is 2. The van der Waals surface area contributed by atoms with Crippen molar-refractivity contribution in [1.82, 2.24) is 10.2 Å². The number of halogens is 3. The molecule has 0 radical (unpaired) electrons. The molecule has 0 saturated carbocycles. The lowest BCUT2D eigenvalue weighted by atomic mass is 9.87. The maximum absolute atomic E-state index is 12.6. The quantitative estimate of drug-likeness (QED) is 0.655. The average molecular weight is 493 g/mol. The number of nitrogens with one attached hydrogen (secondary N) is 1. The fourth-order valence-corrected chi connectivity index (χ4v) is 6.39. The second kappa shape index (κ2) is 10.9. The van der Waals surface area contributed by atoms with E-state index >= 15 is 0 Å². The van der Waals surface area contributed by atoms with Gasteiger partial charge in [0, 0.05) is 38.0 Å². The molecule has 7 nitrogen and oxygen atoms in total. The second-order valence-corrected chi connectivity index (χ2v) is 11.4. The van der Waals surface area contributed by atoms with Crippen LogP contribution in [-0.2, 0) is 26.0 Å². The number of carbonyl (C=O) groups excluding carboxylic acids is 1. The number of fused-ring (bicyclic) bond motifs is 1. The molecule has 186 valence electrons. The highest BCUT2D eigenvalue weighted by atomic mass is 32.2. The van der Waals surface area contributed by atoms with E-state index in [-0.39, 0.29) is 23.5 Å². The van der Waals surface area contributed by atoms with Crippen LogP contribution in [0.1, 0.15) is 31.4 Å². The Kier molecular flexibility index (Phi) is 8.92. The minimum absolute atomic E-state index is 0.0287. The largest absolute Gasteiger partial charge is 0.490 e. The van der Waals surface area contributed by atoms with Crippen LogP contribution in [0.3, 0.4) is 0 Å². The molecule has 0 aliphatic carbocycles. The van der Waals surface area contributed by atoms with E-state index in [9.17, 15) is 26.4 Å². The predicted octanol–water partition coefficient (Wildman–Crippen LogP) is 2.64. The second-order valence-electron chi connectivity index (χ2n) is 9.09. The molecular weight excluding hydrogens is 461 g/mol. The number of sulfone groups is 1. The third-order valence-corrected chi connectivity index (χ3v) is 8.05. The molecule has 1 aromatic rings. The number of benzene rings is 1. The lowest BCUT2D eigenvalue weighted by Gasteiger charge is -2.32. The Morgan fingerprint density at radius 1 is 1.24 bits per heavy atom. The Hall–Kier alpha value is -2.14. The summed E-state index contributed by atoms with van der Waals surface area (Å²) < 4.78 is 56.9. The maximum Gasteiger partial charge on any atom is 0.490 e. The molecule has 0 spiro atoms. The van der Waals surface area contributed by atoms with Gasteiger partial charge in [-0.15, -0.1) is 0 Å². The topological polar surface area (TPSA) is 104 Å². The normalized spacial score (nSPS) is 24.5. The number of aliphatic carboxylic acids is 1. The molecule has 2 saturated heterocycles. The van der Waals surface area contributed by atoms with Gasteiger partial charge in [-0.2, -0.15) is 13.2 Å². The summed E-state index contributed by atoms with van der Waals surface area (Å²) in [6.45, 7) is 8.79. The lowest BCUT2D eigenvalue weighted by molar-refractivity contribution is -0.192. The highest BCUT2D eigenvalue weighted by molar-refractivity contribution is 7.92. The minimum Gasteiger partial charge on any atom is -0.475 e. The van der Waals surface area contributed by atoms with Gasteiger partial charge >= 0.3 is 12.1 Å². The van der Waals surface area contributed by atoms with E-state index in [4.69, 9.17) is 9.90 Å². The molecule has 1 amide bonds. The zero-order valence-electron chi connectivity index (χ0n) is 18.9. The standard InChI is InChI=1S/C20H30N2O3S.C2HF3O2/c1-14(2)10-21-20(23)17-7-8-26(24,25)19-13-22(12-18(17)19)11-16-6-4-5-15(3)9-16;3-2(4,5)1(6)7/h4-6,9,14,17-19H,7-8,10-13H2,1-3H3,(H,21,23);(H,6,7)/t17-,18+,19+;/m0./s1. The van der Waals surface area contributed by atoms with Crippen LogP contribution < -0.4 is 5.32 Å². The Morgan fingerprint density at radius 3 is 2.42 bits per heavy atom. The van der Waals surface area contributed by atoms with E-state index in [2.05, 4.69) is 49.2 Å². The molecule has 33 heavy (non-hydrogen) atoms. The molecule has 2 N–H and O–H groups in total. The smallest absolute Gasteiger partial charge is 0.475 e. The van der Waals surface area contributed by atoms with Crippen molar-refractivity contribution in [1.29, 1.82) is 0 Å². The van der Waals surface area contributed by atoms with Crippen molar-refractivity contribution < 1.29 is 36.3 Å². The van der Waals surface area contributed by atoms with Gasteiger partial charge in [0.1, 0.15) is 0 Å². The van der Waals surface area contributed by atoms with Gasteiger partial charge in [-0.25, -0.2) is 13.2 Å². The first-order valence-corrected chi connectivity index (χ1v) is 12.5. The van der Waals surface area contributed by atoms with Gasteiger partial charge in [0.15, 0.2) is 9.84 Å². The van der Waals surface area contributed by atoms with Crippen LogP contribution in [0.5, 0.6) is 0 Å². The van der Waals surface area contributed by atoms with Gasteiger partial charge in [0.25, 0.3) is 0 Å². The first-order valence-electron chi connectivity index (χ1n) is 10.8. The summed E-state index contributed by atoms with van der Waals surface area (Å²) >= 11 is 0. The van der Waals surface area contributed by atoms with Crippen LogP contribution in [0.25, 0.3) is 0 Å². The number of hydrogen-bond donors (Lipinski definition) is 2. The Labute approximate surface area is 192 Å². The van der Waals surface area contributed by atoms with Gasteiger partial charge < -0.3 is 10.4 Å². The van der Waals surface area contributed by atoms with E-state index in [1.807, 2.05) is 6.07 Å². The molecule has 0 unspecified atom stereocenters. The average Bonchev–Trinajstić information content (AvgIpc) is 3.11. The van der Waals surface area contributed by atoms with Crippen molar-refractivity contribution in [2.75, 3.05) is 25.4 Å². The summed E-state index contributed by atoms with van der Waals surface area (Å²) in [5.74, 6) is -2.49. The van der Waals surface area contributed by atoms with Crippen LogP contribution >= 0.6 is 0 Å². The van der Waals surface area contributed by atoms with Crippen LogP contribution in [0.4, 0.5) is 13.2 Å². The fourth-order valence-electron chi connectivity index (χ4n) is 4.26. The summed E-state index contributed by atoms with van der Waals surface area (Å²) in [7, 11) is -3.11. The summed E-state index contributed by atoms with van der Waals surface area (Å²) in [6, 6.07) is 8.32. The molecule has 11 heteroatoms. The van der Waals surface area contributed by atoms with E-state index < -0.39 is 27.2 Å². The van der Waals surface area contributed by atoms with Crippen molar-refractivity contribution in [2.45, 2.75) is 45.2 Å². The summed E-state index contributed by atoms with van der Waals surface area (Å²) in [6.07, 6.45) is -4.63. The maximum atomic E-state index is 12.6. The highest BCUT2D eigenvalue weighted by Crippen LogP contribution is 2.37. The lowest BCUT2D eigenvalue weighted by Crippen LogP contribution is -2.47. The number of amides is 1. The van der Waals surface area contributed by atoms with Gasteiger partial charge in [0.05, 0.1) is 11.0 Å². The first-order chi connectivity index (χ1) is 15.2. The highest BCUT2D eigenvalue weighted by Gasteiger charge is 2.50. The third kappa shape index (κ3) is 7.70. The van der Waals surface area contributed by atoms with Gasteiger partial charge in [-0.3, -0.25) is 9.69 Å². The number of carboxylic acids is 1. The molecule has 2 aliphatic heterocycles. The van der Waals surface area contributed by atoms with E-state index in [1.165, 1.54) is 11.1 Å². The van der Waals surface area contributed by atoms with Crippen LogP contribution in [0, 0.1) is 24.7 Å². The summed E-state index contributed by atoms with van der Waals surface area (Å²) in [4.78, 5) is 23.7. The number of nitrogens with zero attached hydrogens (tertiary/aromatic N) is 1. The first kappa shape index (κ1) is 27.1. The molecule has 3 rings (SSSR count). The molecule has 0 bridgehead atoms. The fraction of sp³-hybridized carbons (Fsp3) is 0.636. The molecule has 1 aromatic carbocycles. The Morgan fingerprint density at radius 2 is 1.88 bits per heavy atom. The summed E-state index contributed by atoms with van der Waals surface area (Å²) in [5.41, 5.74) is 2.40. The number of likely N-dealkylation sites (tertiary alicyclic amines) is 1. The summed E-state index contributed by atoms with van der Waals surface area (Å²) in [5, 5.41) is 9.73. The third-order valence-electron chi connectivity index (χ3n) is 5.83. The number of alkyl halides is 3. The van der Waals surface area contributed by atoms with Crippen molar-refractivity contribution in [3.8, 4) is 0 Å². The zero-order valence-corrected chi connectivity index (χ0v) is 19.7. The Balaban J connectivity index is 0.000000479. The van der Waals surface area contributed by atoms with Crippen LogP contribution in [0.2, 0.25) is 0 Å². The SMILES string of the molecule is Cc1cccc(CN2C[C@@H]3[C@@H](C(=O)NCC(C)C)CCS(=O)(=O)[C@@H]3C2)c1.O=C(O)C(F)(F)F. The van der Waals surface area contributed by atoms with Crippen molar-refractivity contribution in [3.63, 3.8) is 0 Å². The van der Waals surface area contributed by atoms with E-state index in [0.717, 1.165) is 6.54 Å². The van der Waals surface area contributed by atoms with Gasteiger partial charge in [-0.05, 0) is 24.8 Å². The monoisotopic (exact) mass is 492 g/mol. The predicted molar refractivity (Wildman–Crippen MR) is 117 cm³/mol. The number of carboxylic acid groups (broad SMARTS) is 1. The number of hydrogen-bond acceptors (Lipinski definition) is 5. The van der Waals surface area contributed by atoms with Gasteiger partial charge in [0.2, 0.25) is 5.91 Å². The van der Waals surface area contributed by atoms with Crippen LogP contribution in [-0.4, -0.2) is 67.1 Å². The molecule has 0 aromatic heterocycles. The van der Waals surface area contributed by atoms with Crippen molar-refractivity contribution in [2.24, 2.45) is 17.8 Å². The zero-order chi connectivity index (χ0) is 25.0. The molecular formula is C22H31F3N2O5S. The Bertz CT molecular complexity index is 950. The van der Waals surface area contributed by atoms with E-state index in [1.54, 1.807) is 0 Å².